The molecular weight excluding hydrogens is 252 g/mol. The van der Waals surface area contributed by atoms with Crippen LogP contribution in [0, 0.1) is 0 Å². The minimum atomic E-state index is -0.0950. The minimum Gasteiger partial charge on any atom is -0.379 e. The van der Waals surface area contributed by atoms with Crippen LogP contribution in [-0.2, 0) is 0 Å². The summed E-state index contributed by atoms with van der Waals surface area (Å²) in [5.41, 5.74) is 6.39. The van der Waals surface area contributed by atoms with Crippen LogP contribution in [0.3, 0.4) is 0 Å². The van der Waals surface area contributed by atoms with Gasteiger partial charge >= 0.3 is 0 Å². The van der Waals surface area contributed by atoms with Crippen LogP contribution in [-0.4, -0.2) is 24.7 Å². The van der Waals surface area contributed by atoms with Gasteiger partial charge in [0.15, 0.2) is 11.6 Å². The molecule has 4 heteroatoms. The van der Waals surface area contributed by atoms with Crippen molar-refractivity contribution < 1.29 is 15.3 Å². The lowest BCUT2D eigenvalue weighted by molar-refractivity contribution is -0.362. The second kappa shape index (κ2) is 4.90. The molecule has 4 N–H and O–H groups in total. The molecule has 3 rings (SSSR count). The number of rotatable bonds is 3. The lowest BCUT2D eigenvalue weighted by atomic mass is 9.83. The summed E-state index contributed by atoms with van der Waals surface area (Å²) in [6.45, 7) is 1.38. The third-order valence-corrected chi connectivity index (χ3v) is 3.44. The highest BCUT2D eigenvalue weighted by atomic mass is 16.1. The Bertz CT molecular complexity index is 707. The fourth-order valence-electron chi connectivity index (χ4n) is 2.52. The number of fused-ring (bicyclic) bond motifs is 2. The lowest BCUT2D eigenvalue weighted by Crippen LogP contribution is -2.53. The molecule has 0 saturated carbocycles. The summed E-state index contributed by atoms with van der Waals surface area (Å²) < 4.78 is 0. The first-order valence-electron chi connectivity index (χ1n) is 6.58. The molecule has 0 aromatic heterocycles. The van der Waals surface area contributed by atoms with Gasteiger partial charge in [-0.15, -0.1) is 0 Å². The molecule has 100 valence electrons. The van der Waals surface area contributed by atoms with E-state index in [0.29, 0.717) is 41.0 Å². The van der Waals surface area contributed by atoms with Crippen molar-refractivity contribution in [2.75, 3.05) is 18.4 Å². The molecule has 0 aliphatic heterocycles. The van der Waals surface area contributed by atoms with Crippen molar-refractivity contribution in [2.45, 2.75) is 0 Å². The molecule has 0 bridgehead atoms. The van der Waals surface area contributed by atoms with Gasteiger partial charge in [-0.1, -0.05) is 36.4 Å². The number of benzene rings is 2. The number of hydrogen-bond donors (Lipinski definition) is 2. The van der Waals surface area contributed by atoms with Crippen LogP contribution in [0.5, 0.6) is 0 Å². The fraction of sp³-hybridized carbons (Fsp3) is 0.125. The van der Waals surface area contributed by atoms with E-state index in [1.165, 1.54) is 0 Å². The van der Waals surface area contributed by atoms with E-state index >= 15 is 0 Å². The van der Waals surface area contributed by atoms with Gasteiger partial charge in [0, 0.05) is 22.4 Å². The van der Waals surface area contributed by atoms with E-state index in [-0.39, 0.29) is 11.6 Å². The second-order valence-corrected chi connectivity index (χ2v) is 4.71. The van der Waals surface area contributed by atoms with Crippen LogP contribution in [0.15, 0.2) is 42.5 Å². The van der Waals surface area contributed by atoms with Crippen LogP contribution in [0.2, 0.25) is 0 Å². The van der Waals surface area contributed by atoms with Gasteiger partial charge in [0.05, 0.1) is 18.7 Å². The normalized spacial score (nSPS) is 12.8. The highest BCUT2D eigenvalue weighted by Gasteiger charge is 2.31. The molecule has 20 heavy (non-hydrogen) atoms. The average molecular weight is 267 g/mol. The first-order valence-corrected chi connectivity index (χ1v) is 6.58. The van der Waals surface area contributed by atoms with Crippen molar-refractivity contribution >= 4 is 17.3 Å². The number of carbonyl (C=O) groups excluding carboxylic acids is 2. The van der Waals surface area contributed by atoms with Gasteiger partial charge in [-0.25, -0.2) is 0 Å². The topological polar surface area (TPSA) is 73.8 Å². The maximum Gasteiger partial charge on any atom is 0.196 e. The quantitative estimate of drug-likeness (QED) is 0.746. The number of quaternary nitrogens is 1. The van der Waals surface area contributed by atoms with Gasteiger partial charge in [0.2, 0.25) is 0 Å². The molecule has 0 unspecified atom stereocenters. The smallest absolute Gasteiger partial charge is 0.196 e. The monoisotopic (exact) mass is 267 g/mol. The minimum absolute atomic E-state index is 0.0894. The Balaban J connectivity index is 2.18. The van der Waals surface area contributed by atoms with Gasteiger partial charge < -0.3 is 11.1 Å². The van der Waals surface area contributed by atoms with E-state index in [4.69, 9.17) is 0 Å². The molecule has 0 amide bonds. The first kappa shape index (κ1) is 12.6. The Morgan fingerprint density at radius 3 is 2.20 bits per heavy atom. The zero-order chi connectivity index (χ0) is 14.1. The molecule has 0 heterocycles. The van der Waals surface area contributed by atoms with Crippen molar-refractivity contribution in [3.63, 3.8) is 0 Å². The standard InChI is InChI=1S/C16H14N2O2/c17-8-9-18-13-7-3-6-12-14(13)16(20)11-5-2-1-4-10(11)15(12)19/h1-7,18H,8-9,17H2/p+1. The number of hydrogen-bond acceptors (Lipinski definition) is 3. The van der Waals surface area contributed by atoms with Crippen molar-refractivity contribution in [3.05, 3.63) is 64.7 Å². The zero-order valence-electron chi connectivity index (χ0n) is 11.0. The van der Waals surface area contributed by atoms with Gasteiger partial charge in [-0.3, -0.25) is 9.59 Å². The fourth-order valence-corrected chi connectivity index (χ4v) is 2.52. The summed E-state index contributed by atoms with van der Waals surface area (Å²) in [6, 6.07) is 12.3. The Morgan fingerprint density at radius 2 is 1.50 bits per heavy atom. The Kier molecular flexibility index (Phi) is 3.08. The van der Waals surface area contributed by atoms with E-state index in [9.17, 15) is 9.59 Å². The summed E-state index contributed by atoms with van der Waals surface area (Å²) in [4.78, 5) is 25.1. The summed E-state index contributed by atoms with van der Waals surface area (Å²) in [5, 5.41) is 3.17. The SMILES string of the molecule is [NH3+]CCNc1cccc2c1C(=O)c1ccccc1C2=O. The number of anilines is 1. The third-order valence-electron chi connectivity index (χ3n) is 3.44. The zero-order valence-corrected chi connectivity index (χ0v) is 11.0. The summed E-state index contributed by atoms with van der Waals surface area (Å²) in [6.07, 6.45) is 0. The molecule has 0 spiro atoms. The van der Waals surface area contributed by atoms with Gasteiger partial charge in [0.25, 0.3) is 0 Å². The maximum atomic E-state index is 12.6. The van der Waals surface area contributed by atoms with Gasteiger partial charge in [0.1, 0.15) is 0 Å². The molecule has 0 radical (unpaired) electrons. The van der Waals surface area contributed by atoms with Crippen LogP contribution in [0.25, 0.3) is 0 Å². The molecular formula is C16H15N2O2+. The van der Waals surface area contributed by atoms with E-state index in [2.05, 4.69) is 11.1 Å². The molecule has 2 aromatic carbocycles. The predicted molar refractivity (Wildman–Crippen MR) is 76.0 cm³/mol. The van der Waals surface area contributed by atoms with Crippen LogP contribution in [0.1, 0.15) is 31.8 Å². The number of carbonyl (C=O) groups is 2. The van der Waals surface area contributed by atoms with E-state index < -0.39 is 0 Å². The molecule has 0 saturated heterocycles. The second-order valence-electron chi connectivity index (χ2n) is 4.71. The van der Waals surface area contributed by atoms with E-state index in [1.54, 1.807) is 36.4 Å². The summed E-state index contributed by atoms with van der Waals surface area (Å²) in [7, 11) is 0. The molecule has 1 aliphatic rings. The highest BCUT2D eigenvalue weighted by Crippen LogP contribution is 2.31. The predicted octanol–water partition coefficient (Wildman–Crippen LogP) is 1.12. The van der Waals surface area contributed by atoms with Gasteiger partial charge in [-0.2, -0.15) is 0 Å². The van der Waals surface area contributed by atoms with E-state index in [0.717, 1.165) is 0 Å². The molecule has 2 aromatic rings. The largest absolute Gasteiger partial charge is 0.379 e. The van der Waals surface area contributed by atoms with Crippen molar-refractivity contribution in [2.24, 2.45) is 0 Å². The van der Waals surface area contributed by atoms with Crippen LogP contribution in [0.4, 0.5) is 5.69 Å². The molecule has 1 aliphatic carbocycles. The maximum absolute atomic E-state index is 12.6. The average Bonchev–Trinajstić information content (AvgIpc) is 2.50. The molecule has 4 nitrogen and oxygen atoms in total. The van der Waals surface area contributed by atoms with Crippen LogP contribution < -0.4 is 11.1 Å². The van der Waals surface area contributed by atoms with Crippen molar-refractivity contribution in [3.8, 4) is 0 Å². The van der Waals surface area contributed by atoms with Crippen LogP contribution >= 0.6 is 0 Å². The van der Waals surface area contributed by atoms with Crippen molar-refractivity contribution in [1.82, 2.24) is 0 Å². The highest BCUT2D eigenvalue weighted by molar-refractivity contribution is 6.30. The third kappa shape index (κ3) is 1.82. The molecule has 0 fully saturated rings. The van der Waals surface area contributed by atoms with Crippen molar-refractivity contribution in [1.29, 1.82) is 0 Å². The lowest BCUT2D eigenvalue weighted by Gasteiger charge is -2.20. The Morgan fingerprint density at radius 1 is 0.850 bits per heavy atom. The summed E-state index contributed by atoms with van der Waals surface area (Å²) >= 11 is 0. The van der Waals surface area contributed by atoms with E-state index in [1.807, 2.05) is 6.07 Å². The first-order chi connectivity index (χ1) is 9.74. The Labute approximate surface area is 116 Å². The molecule has 0 atom stereocenters. The summed E-state index contributed by atoms with van der Waals surface area (Å²) in [5.74, 6) is -0.184. The number of nitrogens with one attached hydrogen (secondary N) is 1. The van der Waals surface area contributed by atoms with Gasteiger partial charge in [-0.05, 0) is 6.07 Å². The Hall–Kier alpha value is -2.46. The number of ketones is 2.